The predicted molar refractivity (Wildman–Crippen MR) is 101 cm³/mol. The molecule has 2 fully saturated rings. The quantitative estimate of drug-likeness (QED) is 0.861. The maximum atomic E-state index is 12.9. The number of hydrogen-bond acceptors (Lipinski definition) is 3. The molecule has 6 nitrogen and oxygen atoms in total. The topological polar surface area (TPSA) is 77.9 Å². The molecule has 0 spiro atoms. The summed E-state index contributed by atoms with van der Waals surface area (Å²) in [6.07, 6.45) is 3.08. The van der Waals surface area contributed by atoms with E-state index in [4.69, 9.17) is 5.11 Å². The fraction of sp³-hybridized carbons (Fsp3) is 0.571. The first kappa shape index (κ1) is 19.4. The highest BCUT2D eigenvalue weighted by molar-refractivity contribution is 5.83. The number of benzene rings is 1. The third kappa shape index (κ3) is 4.49. The number of nitrogens with zero attached hydrogens (tertiary/aromatic N) is 2. The Morgan fingerprint density at radius 1 is 1.19 bits per heavy atom. The van der Waals surface area contributed by atoms with Gasteiger partial charge >= 0.3 is 5.97 Å². The van der Waals surface area contributed by atoms with Crippen molar-refractivity contribution in [2.45, 2.75) is 51.5 Å². The molecule has 1 aromatic rings. The van der Waals surface area contributed by atoms with Crippen molar-refractivity contribution < 1.29 is 19.5 Å². The van der Waals surface area contributed by atoms with Crippen LogP contribution in [-0.4, -0.2) is 58.4 Å². The lowest BCUT2D eigenvalue weighted by Gasteiger charge is -2.29. The Morgan fingerprint density at radius 2 is 1.93 bits per heavy atom. The molecular weight excluding hydrogens is 344 g/mol. The lowest BCUT2D eigenvalue weighted by molar-refractivity contribution is -0.145. The first-order valence-electron chi connectivity index (χ1n) is 9.71. The van der Waals surface area contributed by atoms with Crippen LogP contribution >= 0.6 is 0 Å². The lowest BCUT2D eigenvalue weighted by atomic mass is 10.0. The summed E-state index contributed by atoms with van der Waals surface area (Å²) in [5.74, 6) is -0.633. The van der Waals surface area contributed by atoms with Gasteiger partial charge in [0.05, 0.1) is 0 Å². The molecular formula is C21H28N2O4. The predicted octanol–water partition coefficient (Wildman–Crippen LogP) is 2.41. The van der Waals surface area contributed by atoms with E-state index in [1.54, 1.807) is 0 Å². The molecule has 146 valence electrons. The Balaban J connectivity index is 1.60. The fourth-order valence-electron chi connectivity index (χ4n) is 4.30. The van der Waals surface area contributed by atoms with Crippen LogP contribution in [0.1, 0.15) is 49.7 Å². The van der Waals surface area contributed by atoms with Crippen LogP contribution < -0.4 is 0 Å². The van der Waals surface area contributed by atoms with Gasteiger partial charge in [-0.2, -0.15) is 0 Å². The zero-order chi connectivity index (χ0) is 19.6. The van der Waals surface area contributed by atoms with Gasteiger partial charge in [0.2, 0.25) is 11.8 Å². The lowest BCUT2D eigenvalue weighted by Crippen LogP contribution is -2.43. The second kappa shape index (κ2) is 8.11. The number of carboxylic acids is 1. The number of carbonyl (C=O) groups is 3. The summed E-state index contributed by atoms with van der Waals surface area (Å²) in [6, 6.07) is 8.14. The van der Waals surface area contributed by atoms with Gasteiger partial charge in [-0.05, 0) is 49.7 Å². The zero-order valence-electron chi connectivity index (χ0n) is 16.1. The van der Waals surface area contributed by atoms with Gasteiger partial charge in [-0.1, -0.05) is 24.3 Å². The second-order valence-corrected chi connectivity index (χ2v) is 7.76. The Morgan fingerprint density at radius 3 is 2.59 bits per heavy atom. The third-order valence-electron chi connectivity index (χ3n) is 5.86. The Labute approximate surface area is 160 Å². The van der Waals surface area contributed by atoms with Gasteiger partial charge in [0.1, 0.15) is 6.54 Å². The summed E-state index contributed by atoms with van der Waals surface area (Å²) < 4.78 is 0. The molecule has 0 radical (unpaired) electrons. The van der Waals surface area contributed by atoms with Crippen molar-refractivity contribution in [3.63, 3.8) is 0 Å². The minimum absolute atomic E-state index is 0.0607. The molecule has 1 aromatic carbocycles. The van der Waals surface area contributed by atoms with E-state index in [9.17, 15) is 14.4 Å². The van der Waals surface area contributed by atoms with Gasteiger partial charge in [-0.3, -0.25) is 14.4 Å². The Bertz CT molecular complexity index is 733. The van der Waals surface area contributed by atoms with Gasteiger partial charge in [0.25, 0.3) is 0 Å². The van der Waals surface area contributed by atoms with E-state index in [2.05, 4.69) is 19.1 Å². The van der Waals surface area contributed by atoms with E-state index >= 15 is 0 Å². The van der Waals surface area contributed by atoms with E-state index < -0.39 is 5.97 Å². The third-order valence-corrected chi connectivity index (χ3v) is 5.86. The van der Waals surface area contributed by atoms with Crippen LogP contribution in [0.4, 0.5) is 0 Å². The molecule has 0 aromatic heterocycles. The number of amides is 2. The molecule has 27 heavy (non-hydrogen) atoms. The smallest absolute Gasteiger partial charge is 0.323 e. The summed E-state index contributed by atoms with van der Waals surface area (Å²) >= 11 is 0. The largest absolute Gasteiger partial charge is 0.480 e. The van der Waals surface area contributed by atoms with Crippen molar-refractivity contribution in [3.8, 4) is 0 Å². The molecule has 0 bridgehead atoms. The monoisotopic (exact) mass is 372 g/mol. The van der Waals surface area contributed by atoms with E-state index in [0.717, 1.165) is 19.3 Å². The molecule has 3 atom stereocenters. The minimum Gasteiger partial charge on any atom is -0.480 e. The summed E-state index contributed by atoms with van der Waals surface area (Å²) in [5, 5.41) is 9.06. The highest BCUT2D eigenvalue weighted by atomic mass is 16.4. The highest BCUT2D eigenvalue weighted by Gasteiger charge is 2.46. The number of hydrogen-bond donors (Lipinski definition) is 1. The molecule has 2 aliphatic rings. The highest BCUT2D eigenvalue weighted by Crippen LogP contribution is 2.49. The van der Waals surface area contributed by atoms with Crippen LogP contribution in [0, 0.1) is 12.8 Å². The van der Waals surface area contributed by atoms with E-state index in [-0.39, 0.29) is 30.3 Å². The van der Waals surface area contributed by atoms with Crippen LogP contribution in [0.2, 0.25) is 0 Å². The summed E-state index contributed by atoms with van der Waals surface area (Å²) in [4.78, 5) is 39.2. The van der Waals surface area contributed by atoms with Crippen LogP contribution in [0.25, 0.3) is 0 Å². The Kier molecular flexibility index (Phi) is 5.82. The van der Waals surface area contributed by atoms with E-state index in [1.165, 1.54) is 23.0 Å². The van der Waals surface area contributed by atoms with Crippen molar-refractivity contribution in [1.82, 2.24) is 9.80 Å². The first-order chi connectivity index (χ1) is 12.9. The average molecular weight is 372 g/mol. The Hall–Kier alpha value is -2.37. The molecule has 3 rings (SSSR count). The number of aryl methyl sites for hydroxylation is 1. The molecule has 6 heteroatoms. The van der Waals surface area contributed by atoms with Gasteiger partial charge in [0, 0.05) is 32.0 Å². The molecule has 1 heterocycles. The summed E-state index contributed by atoms with van der Waals surface area (Å²) in [6.45, 7) is 4.50. The molecule has 2 amide bonds. The second-order valence-electron chi connectivity index (χ2n) is 7.76. The van der Waals surface area contributed by atoms with Gasteiger partial charge in [-0.25, -0.2) is 0 Å². The molecule has 3 unspecified atom stereocenters. The van der Waals surface area contributed by atoms with E-state index in [0.29, 0.717) is 25.4 Å². The molecule has 1 saturated carbocycles. The fourth-order valence-corrected chi connectivity index (χ4v) is 4.30. The first-order valence-corrected chi connectivity index (χ1v) is 9.71. The van der Waals surface area contributed by atoms with Crippen LogP contribution in [0.15, 0.2) is 24.3 Å². The van der Waals surface area contributed by atoms with Crippen LogP contribution in [0.3, 0.4) is 0 Å². The zero-order valence-corrected chi connectivity index (χ0v) is 16.1. The minimum atomic E-state index is -0.999. The van der Waals surface area contributed by atoms with Crippen molar-refractivity contribution in [2.24, 2.45) is 5.92 Å². The number of carbonyl (C=O) groups excluding carboxylic acids is 2. The van der Waals surface area contributed by atoms with Gasteiger partial charge < -0.3 is 14.9 Å². The summed E-state index contributed by atoms with van der Waals surface area (Å²) in [7, 11) is 0. The molecule has 1 aliphatic heterocycles. The number of rotatable bonds is 5. The normalized spacial score (nSPS) is 24.8. The van der Waals surface area contributed by atoms with Crippen LogP contribution in [-0.2, 0) is 14.4 Å². The standard InChI is InChI=1S/C21H28N2O4/c1-14-6-3-4-8-17(14)18-12-19(18)21(27)22-10-5-7-16(9-11-22)23(15(2)24)13-20(25)26/h3-4,6,8,16,18-19H,5,7,9-13H2,1-2H3,(H,25,26). The van der Waals surface area contributed by atoms with Crippen molar-refractivity contribution in [2.75, 3.05) is 19.6 Å². The molecule has 1 N–H and O–H groups in total. The van der Waals surface area contributed by atoms with Gasteiger partial charge in [-0.15, -0.1) is 0 Å². The summed E-state index contributed by atoms with van der Waals surface area (Å²) in [5.41, 5.74) is 2.51. The molecule has 1 aliphatic carbocycles. The average Bonchev–Trinajstić information content (AvgIpc) is 3.43. The van der Waals surface area contributed by atoms with Crippen molar-refractivity contribution in [1.29, 1.82) is 0 Å². The maximum Gasteiger partial charge on any atom is 0.323 e. The van der Waals surface area contributed by atoms with Crippen molar-refractivity contribution in [3.05, 3.63) is 35.4 Å². The molecule has 1 saturated heterocycles. The SMILES string of the molecule is CC(=O)N(CC(=O)O)C1CCCN(C(=O)C2CC2c2ccccc2C)CC1. The van der Waals surface area contributed by atoms with E-state index in [1.807, 2.05) is 17.0 Å². The maximum absolute atomic E-state index is 12.9. The van der Waals surface area contributed by atoms with Crippen molar-refractivity contribution >= 4 is 17.8 Å². The van der Waals surface area contributed by atoms with Crippen LogP contribution in [0.5, 0.6) is 0 Å². The number of carboxylic acid groups (broad SMARTS) is 1. The number of aliphatic carboxylic acids is 1. The number of likely N-dealkylation sites (tertiary alicyclic amines) is 1. The van der Waals surface area contributed by atoms with Gasteiger partial charge in [0.15, 0.2) is 0 Å².